The maximum absolute atomic E-state index is 6.96. The fourth-order valence-electron chi connectivity index (χ4n) is 8.66. The summed E-state index contributed by atoms with van der Waals surface area (Å²) < 4.78 is 0. The summed E-state index contributed by atoms with van der Waals surface area (Å²) in [5, 5.41) is 0. The summed E-state index contributed by atoms with van der Waals surface area (Å²) in [6.45, 7) is 27.8. The van der Waals surface area contributed by atoms with Crippen LogP contribution in [0.4, 0.5) is 0 Å². The molecule has 486 valence electrons. The van der Waals surface area contributed by atoms with Crippen LogP contribution in [0, 0.1) is 49.4 Å². The van der Waals surface area contributed by atoms with Crippen molar-refractivity contribution in [3.63, 3.8) is 0 Å². The van der Waals surface area contributed by atoms with Gasteiger partial charge in [0.05, 0.1) is 37.0 Å². The van der Waals surface area contributed by atoms with Gasteiger partial charge >= 0.3 is 93.8 Å². The number of hydrogen-bond donors (Lipinski definition) is 0. The summed E-state index contributed by atoms with van der Waals surface area (Å²) in [6, 6.07) is 26.1. The molecule has 0 aliphatic carbocycles. The first-order valence-electron chi connectivity index (χ1n) is 34.1. The first kappa shape index (κ1) is 93.0. The third kappa shape index (κ3) is 61.2. The van der Waals surface area contributed by atoms with E-state index in [1.54, 1.807) is 86.3 Å². The van der Waals surface area contributed by atoms with Crippen LogP contribution in [0.2, 0.25) is 0 Å². The van der Waals surface area contributed by atoms with E-state index in [-0.39, 0.29) is 58.0 Å². The van der Waals surface area contributed by atoms with Crippen LogP contribution < -0.4 is 9.97 Å². The van der Waals surface area contributed by atoms with E-state index in [4.69, 9.17) is 25.7 Å². The van der Waals surface area contributed by atoms with E-state index >= 15 is 0 Å². The maximum atomic E-state index is 6.96. The Morgan fingerprint density at radius 2 is 0.605 bits per heavy atom. The molecule has 0 atom stereocenters. The largest absolute Gasteiger partial charge is 0.0622 e. The third-order valence-corrected chi connectivity index (χ3v) is 26.4. The van der Waals surface area contributed by atoms with E-state index < -0.39 is 0 Å². The molecule has 8 heteroatoms. The predicted octanol–water partition coefficient (Wildman–Crippen LogP) is 23.0. The smallest absolute Gasteiger partial charge is 0.0255 e. The van der Waals surface area contributed by atoms with Gasteiger partial charge in [-0.15, -0.1) is 15.8 Å². The van der Waals surface area contributed by atoms with Gasteiger partial charge in [0.25, 0.3) is 0 Å². The van der Waals surface area contributed by atoms with Crippen LogP contribution in [0.3, 0.4) is 0 Å². The molecule has 0 bridgehead atoms. The molecular weight excluding hydrogens is 1480 g/mol. The molecule has 0 aliphatic heterocycles. The topological polar surface area (TPSA) is 28.3 Å². The van der Waals surface area contributed by atoms with Crippen molar-refractivity contribution in [2.45, 2.75) is 237 Å². The van der Waals surface area contributed by atoms with Gasteiger partial charge in [0.15, 0.2) is 0 Å². The van der Waals surface area contributed by atoms with Gasteiger partial charge in [-0.1, -0.05) is 208 Å². The number of aromatic amines is 2. The van der Waals surface area contributed by atoms with E-state index in [2.05, 4.69) is 117 Å². The molecule has 2 aromatic carbocycles. The number of aromatic nitrogens is 2. The van der Waals surface area contributed by atoms with E-state index in [0.717, 1.165) is 22.5 Å². The number of rotatable bonds is 37. The quantitative estimate of drug-likeness (QED) is 0.0245. The summed E-state index contributed by atoms with van der Waals surface area (Å²) in [5.74, 6) is 9.15. The Bertz CT molecular complexity index is 1830. The van der Waals surface area contributed by atoms with E-state index in [9.17, 15) is 0 Å². The molecule has 0 fully saturated rings. The molecule has 0 saturated heterocycles. The Labute approximate surface area is 570 Å². The summed E-state index contributed by atoms with van der Waals surface area (Å²) >= 11 is 0. The molecule has 0 saturated carbocycles. The molecule has 2 radical (unpaired) electrons. The number of pyridine rings is 2. The van der Waals surface area contributed by atoms with Crippen molar-refractivity contribution in [3.8, 4) is 35.1 Å². The predicted molar refractivity (Wildman–Crippen MR) is 391 cm³/mol. The van der Waals surface area contributed by atoms with Gasteiger partial charge in [-0.05, 0) is 151 Å². The first-order chi connectivity index (χ1) is 41.1. The summed E-state index contributed by atoms with van der Waals surface area (Å²) in [4.78, 5) is 6.12. The Morgan fingerprint density at radius 1 is 0.360 bits per heavy atom. The van der Waals surface area contributed by atoms with Gasteiger partial charge in [0.1, 0.15) is 0 Å². The minimum Gasteiger partial charge on any atom is -0.0622 e. The van der Waals surface area contributed by atoms with Crippen LogP contribution in [0.25, 0.3) is 11.4 Å². The number of benzene rings is 2. The minimum absolute atomic E-state index is 0. The Balaban J connectivity index is -0.000000298. The zero-order chi connectivity index (χ0) is 62.8. The Morgan fingerprint density at radius 3 is 0.779 bits per heavy atom. The fraction of sp³-hybridized carbons (Fsp3) is 0.615. The molecule has 0 amide bonds. The summed E-state index contributed by atoms with van der Waals surface area (Å²) in [5.41, 5.74) is 4.88. The van der Waals surface area contributed by atoms with Crippen molar-refractivity contribution in [2.24, 2.45) is 0 Å². The maximum Gasteiger partial charge on any atom is 0.0255 e. The van der Waals surface area contributed by atoms with Crippen molar-refractivity contribution in [3.05, 3.63) is 145 Å². The molecule has 2 heterocycles. The van der Waals surface area contributed by atoms with Crippen LogP contribution in [0.5, 0.6) is 0 Å². The molecular formula is C78H128N2P4Pt2+4. The molecule has 4 rings (SSSR count). The van der Waals surface area contributed by atoms with Gasteiger partial charge in [-0.25, -0.2) is 0 Å². The number of H-pyrrole nitrogens is 2. The van der Waals surface area contributed by atoms with Crippen LogP contribution in [-0.4, -0.2) is 73.9 Å². The van der Waals surface area contributed by atoms with Crippen LogP contribution in [0.1, 0.15) is 259 Å². The first-order valence-corrected chi connectivity index (χ1v) is 42.1. The second kappa shape index (κ2) is 75.8. The number of hydrogen-bond acceptors (Lipinski definition) is 0. The number of unbranched alkanes of at least 4 members (excludes halogenated alkanes) is 12. The minimum atomic E-state index is 0. The van der Waals surface area contributed by atoms with Crippen molar-refractivity contribution >= 4 is 31.7 Å². The second-order valence-electron chi connectivity index (χ2n) is 22.1. The van der Waals surface area contributed by atoms with Crippen LogP contribution >= 0.6 is 31.7 Å². The Kier molecular flexibility index (Phi) is 81.9. The zero-order valence-corrected chi connectivity index (χ0v) is 65.6. The SMILES string of the molecule is CCCCP(CCCC)CCCC.CCCCP(CCCC)CCCC.CCCC[PH+](CCCC)CCCC.CCCC[PH+](CCCC)CCCC.[C+]#Cc1ccc(-c2ccc(C#[C-])c[nH+]2)[nH+]c1.[C]#Cc1ccccc1.[C]#Cc1ccccc1.[Pt].[Pt]. The Hall–Kier alpha value is -1.70. The standard InChI is InChI=1S/C14H6N2.4C12H27P.2C8H5.2Pt/c1-3-11-5-7-13(15-9-11)14-8-6-12(4-2)10-16-14;4*1-4-7-10-13(11-8-5-2)12-9-6-3;2*1-2-8-6-4-3-5-7-8;;/h5-10H;4*4-12H2,1-3H3;2*3-7H;;/p+4. The fourth-order valence-corrected chi connectivity index (χ4v) is 21.2. The van der Waals surface area contributed by atoms with E-state index in [1.807, 2.05) is 84.9 Å². The monoisotopic (exact) mass is 1610 g/mol. The van der Waals surface area contributed by atoms with Crippen molar-refractivity contribution in [1.29, 1.82) is 0 Å². The van der Waals surface area contributed by atoms with E-state index in [0.29, 0.717) is 27.0 Å². The normalized spacial score (nSPS) is 9.90. The summed E-state index contributed by atoms with van der Waals surface area (Å²) in [7, 11) is 0.978. The van der Waals surface area contributed by atoms with Gasteiger partial charge in [0.2, 0.25) is 0 Å². The van der Waals surface area contributed by atoms with Gasteiger partial charge in [-0.2, -0.15) is 0 Å². The van der Waals surface area contributed by atoms with E-state index in [1.165, 1.54) is 154 Å². The van der Waals surface area contributed by atoms with Gasteiger partial charge < -0.3 is 0 Å². The molecule has 2 aromatic heterocycles. The van der Waals surface area contributed by atoms with Crippen molar-refractivity contribution in [1.82, 2.24) is 0 Å². The van der Waals surface area contributed by atoms with Crippen LogP contribution in [-0.2, 0) is 42.1 Å². The van der Waals surface area contributed by atoms with Crippen molar-refractivity contribution < 1.29 is 52.1 Å². The van der Waals surface area contributed by atoms with Crippen LogP contribution in [0.15, 0.2) is 97.3 Å². The average Bonchev–Trinajstić information content (AvgIpc) is 3.62. The summed E-state index contributed by atoms with van der Waals surface area (Å²) in [6.07, 6.45) is 84.0. The number of nitrogens with one attached hydrogen (secondary N) is 2. The molecule has 2 N–H and O–H groups in total. The third-order valence-electron chi connectivity index (χ3n) is 14.3. The zero-order valence-electron chi connectivity index (χ0n) is 57.2. The van der Waals surface area contributed by atoms with Gasteiger partial charge in [-0.3, -0.25) is 0 Å². The molecule has 0 unspecified atom stereocenters. The molecule has 0 aliphatic rings. The molecule has 0 spiro atoms. The van der Waals surface area contributed by atoms with Crippen molar-refractivity contribution in [2.75, 3.05) is 73.9 Å². The molecule has 4 aromatic rings. The molecule has 86 heavy (non-hydrogen) atoms. The van der Waals surface area contributed by atoms with Gasteiger partial charge in [0, 0.05) is 69.1 Å². The average molecular weight is 1610 g/mol. The molecule has 2 nitrogen and oxygen atoms in total. The second-order valence-corrected chi connectivity index (χ2v) is 33.5.